The Labute approximate surface area is 124 Å². The molecule has 1 aromatic carbocycles. The number of fused-ring (bicyclic) bond motifs is 1. The third-order valence-electron chi connectivity index (χ3n) is 3.10. The lowest BCUT2D eigenvalue weighted by Crippen LogP contribution is -2.37. The van der Waals surface area contributed by atoms with Gasteiger partial charge in [0.2, 0.25) is 5.91 Å². The minimum atomic E-state index is -0.557. The Bertz CT molecular complexity index is 575. The van der Waals surface area contributed by atoms with Crippen LogP contribution >= 0.6 is 0 Å². The molecule has 1 heterocycles. The molecule has 1 aliphatic heterocycles. The van der Waals surface area contributed by atoms with Gasteiger partial charge in [-0.2, -0.15) is 0 Å². The van der Waals surface area contributed by atoms with E-state index in [0.29, 0.717) is 6.54 Å². The minimum Gasteiger partial charge on any atom is -0.444 e. The van der Waals surface area contributed by atoms with Crippen molar-refractivity contribution in [2.24, 2.45) is 0 Å². The average Bonchev–Trinajstić information content (AvgIpc) is 2.75. The largest absolute Gasteiger partial charge is 0.444 e. The van der Waals surface area contributed by atoms with Crippen LogP contribution in [0.5, 0.6) is 0 Å². The summed E-state index contributed by atoms with van der Waals surface area (Å²) in [6.07, 6.45) is 0.780. The Hall–Kier alpha value is -2.30. The first-order valence-corrected chi connectivity index (χ1v) is 6.84. The van der Waals surface area contributed by atoms with Crippen LogP contribution in [0, 0.1) is 0 Å². The van der Waals surface area contributed by atoms with E-state index in [0.717, 1.165) is 11.3 Å². The zero-order valence-corrected chi connectivity index (χ0v) is 12.6. The van der Waals surface area contributed by atoms with Crippen molar-refractivity contribution in [3.8, 4) is 0 Å². The van der Waals surface area contributed by atoms with E-state index in [9.17, 15) is 9.59 Å². The fourth-order valence-electron chi connectivity index (χ4n) is 2.30. The van der Waals surface area contributed by atoms with Gasteiger partial charge in [0.1, 0.15) is 5.60 Å². The average molecular weight is 288 g/mol. The van der Waals surface area contributed by atoms with Crippen LogP contribution in [-0.2, 0) is 9.53 Å². The topological polar surface area (TPSA) is 58.6 Å². The highest BCUT2D eigenvalue weighted by Gasteiger charge is 2.32. The Morgan fingerprint density at radius 2 is 2.05 bits per heavy atom. The molecule has 0 bridgehead atoms. The Kier molecular flexibility index (Phi) is 4.02. The van der Waals surface area contributed by atoms with Crippen LogP contribution in [0.1, 0.15) is 32.4 Å². The molecule has 1 aromatic rings. The lowest BCUT2D eigenvalue weighted by molar-refractivity contribution is -0.114. The van der Waals surface area contributed by atoms with Crippen molar-refractivity contribution in [2.45, 2.75) is 32.4 Å². The fourth-order valence-corrected chi connectivity index (χ4v) is 2.30. The van der Waals surface area contributed by atoms with Gasteiger partial charge >= 0.3 is 6.09 Å². The number of carbonyl (C=O) groups excluding carboxylic acids is 2. The first-order valence-electron chi connectivity index (χ1n) is 6.84. The molecule has 5 heteroatoms. The van der Waals surface area contributed by atoms with E-state index in [-0.39, 0.29) is 11.9 Å². The number of ether oxygens (including phenoxy) is 1. The van der Waals surface area contributed by atoms with Crippen LogP contribution < -0.4 is 10.2 Å². The van der Waals surface area contributed by atoms with Crippen molar-refractivity contribution in [1.29, 1.82) is 0 Å². The lowest BCUT2D eigenvalue weighted by atomic mass is 10.1. The number of anilines is 1. The quantitative estimate of drug-likeness (QED) is 0.851. The smallest absolute Gasteiger partial charge is 0.408 e. The monoisotopic (exact) mass is 288 g/mol. The molecule has 2 amide bonds. The van der Waals surface area contributed by atoms with Gasteiger partial charge in [-0.1, -0.05) is 24.8 Å². The van der Waals surface area contributed by atoms with E-state index < -0.39 is 11.7 Å². The second-order valence-corrected chi connectivity index (χ2v) is 5.91. The number of benzene rings is 1. The van der Waals surface area contributed by atoms with E-state index in [1.165, 1.54) is 6.08 Å². The van der Waals surface area contributed by atoms with Crippen LogP contribution in [0.15, 0.2) is 36.9 Å². The van der Waals surface area contributed by atoms with Gasteiger partial charge in [0, 0.05) is 11.3 Å². The molecular weight excluding hydrogens is 268 g/mol. The van der Waals surface area contributed by atoms with Crippen molar-refractivity contribution >= 4 is 17.7 Å². The number of rotatable bonds is 2. The van der Waals surface area contributed by atoms with Gasteiger partial charge in [-0.05, 0) is 32.9 Å². The highest BCUT2D eigenvalue weighted by Crippen LogP contribution is 2.34. The van der Waals surface area contributed by atoms with Crippen LogP contribution in [0.3, 0.4) is 0 Å². The molecule has 1 unspecified atom stereocenters. The normalized spacial score (nSPS) is 17.1. The van der Waals surface area contributed by atoms with Gasteiger partial charge in [-0.25, -0.2) is 4.79 Å². The third-order valence-corrected chi connectivity index (χ3v) is 3.10. The highest BCUT2D eigenvalue weighted by molar-refractivity contribution is 6.02. The maximum Gasteiger partial charge on any atom is 0.408 e. The molecule has 0 saturated heterocycles. The Morgan fingerprint density at radius 3 is 2.67 bits per heavy atom. The van der Waals surface area contributed by atoms with Crippen molar-refractivity contribution in [1.82, 2.24) is 5.32 Å². The van der Waals surface area contributed by atoms with Crippen LogP contribution in [-0.4, -0.2) is 24.1 Å². The van der Waals surface area contributed by atoms with E-state index in [1.54, 1.807) is 4.90 Å². The maximum atomic E-state index is 11.9. The summed E-state index contributed by atoms with van der Waals surface area (Å²) in [5, 5.41) is 2.81. The summed E-state index contributed by atoms with van der Waals surface area (Å²) >= 11 is 0. The van der Waals surface area contributed by atoms with Crippen LogP contribution in [0.25, 0.3) is 0 Å². The molecule has 5 nitrogen and oxygen atoms in total. The molecule has 21 heavy (non-hydrogen) atoms. The molecule has 1 aliphatic rings. The molecule has 0 saturated carbocycles. The number of carbonyl (C=O) groups is 2. The summed E-state index contributed by atoms with van der Waals surface area (Å²) in [6, 6.07) is 7.21. The summed E-state index contributed by atoms with van der Waals surface area (Å²) in [5.41, 5.74) is 1.14. The summed E-state index contributed by atoms with van der Waals surface area (Å²) in [7, 11) is 0. The van der Waals surface area contributed by atoms with Crippen molar-refractivity contribution in [3.05, 3.63) is 42.5 Å². The van der Waals surface area contributed by atoms with E-state index in [1.807, 2.05) is 45.0 Å². The van der Waals surface area contributed by atoms with Gasteiger partial charge < -0.3 is 15.0 Å². The predicted molar refractivity (Wildman–Crippen MR) is 81.1 cm³/mol. The first kappa shape index (κ1) is 15.1. The van der Waals surface area contributed by atoms with E-state index in [4.69, 9.17) is 4.74 Å². The van der Waals surface area contributed by atoms with Crippen molar-refractivity contribution in [2.75, 3.05) is 11.4 Å². The van der Waals surface area contributed by atoms with Crippen LogP contribution in [0.4, 0.5) is 10.5 Å². The highest BCUT2D eigenvalue weighted by atomic mass is 16.6. The second kappa shape index (κ2) is 5.60. The summed E-state index contributed by atoms with van der Waals surface area (Å²) in [4.78, 5) is 25.4. The van der Waals surface area contributed by atoms with Gasteiger partial charge in [0.25, 0.3) is 0 Å². The number of alkyl carbamates (subject to hydrolysis) is 1. The van der Waals surface area contributed by atoms with Gasteiger partial charge in [0.05, 0.1) is 12.6 Å². The number of hydrogen-bond acceptors (Lipinski definition) is 3. The van der Waals surface area contributed by atoms with E-state index >= 15 is 0 Å². The standard InChI is InChI=1S/C16H20N2O3/c1-5-14(19)18-10-12(11-8-6-7-9-13(11)18)17-15(20)21-16(2,3)4/h5-9,12H,1,10H2,2-4H3,(H,17,20). The minimum absolute atomic E-state index is 0.184. The maximum absolute atomic E-state index is 11.9. The zero-order chi connectivity index (χ0) is 15.6. The summed E-state index contributed by atoms with van der Waals surface area (Å²) < 4.78 is 5.26. The molecule has 1 atom stereocenters. The molecule has 1 N–H and O–H groups in total. The van der Waals surface area contributed by atoms with Gasteiger partial charge in [0.15, 0.2) is 0 Å². The zero-order valence-electron chi connectivity index (χ0n) is 12.6. The lowest BCUT2D eigenvalue weighted by Gasteiger charge is -2.22. The summed E-state index contributed by atoms with van der Waals surface area (Å²) in [5.74, 6) is -0.184. The SMILES string of the molecule is C=CC(=O)N1CC(NC(=O)OC(C)(C)C)c2ccccc21. The number of nitrogens with zero attached hydrogens (tertiary/aromatic N) is 1. The van der Waals surface area contributed by atoms with Crippen molar-refractivity contribution < 1.29 is 14.3 Å². The number of nitrogens with one attached hydrogen (secondary N) is 1. The molecule has 0 fully saturated rings. The Balaban J connectivity index is 2.18. The molecule has 0 spiro atoms. The molecular formula is C16H20N2O3. The van der Waals surface area contributed by atoms with E-state index in [2.05, 4.69) is 11.9 Å². The van der Waals surface area contributed by atoms with Gasteiger partial charge in [-0.3, -0.25) is 4.79 Å². The van der Waals surface area contributed by atoms with Gasteiger partial charge in [-0.15, -0.1) is 0 Å². The molecule has 0 aromatic heterocycles. The molecule has 112 valence electrons. The molecule has 0 radical (unpaired) electrons. The Morgan fingerprint density at radius 1 is 1.38 bits per heavy atom. The van der Waals surface area contributed by atoms with Crippen molar-refractivity contribution in [3.63, 3.8) is 0 Å². The number of hydrogen-bond donors (Lipinski definition) is 1. The van der Waals surface area contributed by atoms with Crippen LogP contribution in [0.2, 0.25) is 0 Å². The first-order chi connectivity index (χ1) is 9.81. The second-order valence-electron chi connectivity index (χ2n) is 5.91. The number of amides is 2. The fraction of sp³-hybridized carbons (Fsp3) is 0.375. The third kappa shape index (κ3) is 3.42. The molecule has 2 rings (SSSR count). The predicted octanol–water partition coefficient (Wildman–Crippen LogP) is 2.79. The summed E-state index contributed by atoms with van der Waals surface area (Å²) in [6.45, 7) is 9.31. The molecule has 0 aliphatic carbocycles. The number of para-hydroxylation sites is 1.